The second-order valence-electron chi connectivity index (χ2n) is 9.34. The number of aryl methyl sites for hydroxylation is 1. The maximum Gasteiger partial charge on any atom is 0.239 e. The highest BCUT2D eigenvalue weighted by Crippen LogP contribution is 2.19. The van der Waals surface area contributed by atoms with Crippen molar-refractivity contribution in [3.8, 4) is 5.75 Å². The van der Waals surface area contributed by atoms with Crippen molar-refractivity contribution in [1.29, 1.82) is 0 Å². The number of hydrogen-bond acceptors (Lipinski definition) is 6. The van der Waals surface area contributed by atoms with Crippen LogP contribution in [0.4, 0.5) is 4.39 Å². The van der Waals surface area contributed by atoms with Gasteiger partial charge in [-0.2, -0.15) is 0 Å². The van der Waals surface area contributed by atoms with E-state index in [2.05, 4.69) is 28.6 Å². The molecule has 2 unspecified atom stereocenters. The van der Waals surface area contributed by atoms with E-state index in [1.54, 1.807) is 19.3 Å². The fourth-order valence-electron chi connectivity index (χ4n) is 4.19. The van der Waals surface area contributed by atoms with Gasteiger partial charge in [0.2, 0.25) is 11.8 Å². The molecule has 1 aromatic carbocycles. The van der Waals surface area contributed by atoms with Crippen LogP contribution in [0, 0.1) is 5.82 Å². The average Bonchev–Trinajstić information content (AvgIpc) is 2.84. The zero-order valence-electron chi connectivity index (χ0n) is 21.1. The Morgan fingerprint density at radius 3 is 2.81 bits per heavy atom. The SMILES string of the molecule is CCc1cncc(CNCC(O)C2Cc3cc(F)cc(c3)OCCCCCC(=O)N(C)CC(=O)N2)c1. The molecule has 196 valence electrons. The molecule has 3 rings (SSSR count). The normalized spacial score (nSPS) is 18.9. The first-order valence-electron chi connectivity index (χ1n) is 12.6. The van der Waals surface area contributed by atoms with Crippen molar-refractivity contribution in [2.45, 2.75) is 64.1 Å². The van der Waals surface area contributed by atoms with Gasteiger partial charge in [0.15, 0.2) is 0 Å². The minimum absolute atomic E-state index is 0.105. The highest BCUT2D eigenvalue weighted by atomic mass is 19.1. The van der Waals surface area contributed by atoms with E-state index in [1.807, 2.05) is 6.20 Å². The van der Waals surface area contributed by atoms with Gasteiger partial charge in [-0.3, -0.25) is 14.6 Å². The third-order valence-corrected chi connectivity index (χ3v) is 6.25. The van der Waals surface area contributed by atoms with Gasteiger partial charge in [0.05, 0.1) is 25.3 Å². The summed E-state index contributed by atoms with van der Waals surface area (Å²) in [6.45, 7) is 3.09. The summed E-state index contributed by atoms with van der Waals surface area (Å²) in [7, 11) is 1.60. The first-order valence-corrected chi connectivity index (χ1v) is 12.6. The Bertz CT molecular complexity index is 1020. The van der Waals surface area contributed by atoms with Gasteiger partial charge in [-0.15, -0.1) is 0 Å². The number of nitrogens with one attached hydrogen (secondary N) is 2. The predicted octanol–water partition coefficient (Wildman–Crippen LogP) is 2.37. The number of likely N-dealkylation sites (N-methyl/N-ethyl adjacent to an activating group) is 1. The van der Waals surface area contributed by atoms with Gasteiger partial charge in [0, 0.05) is 45.0 Å². The Balaban J connectivity index is 1.72. The standard InChI is InChI=1S/C27H37FN4O4/c1-3-19-9-21(15-29-14-19)16-30-17-25(33)24-12-20-10-22(28)13-23(11-20)36-8-6-4-5-7-27(35)32(2)18-26(34)31-24/h9-11,13-15,24-25,30,33H,3-8,12,16-18H2,1-2H3,(H,31,34). The summed E-state index contributed by atoms with van der Waals surface area (Å²) in [5, 5.41) is 17.0. The minimum Gasteiger partial charge on any atom is -0.493 e. The van der Waals surface area contributed by atoms with E-state index in [0.717, 1.165) is 30.4 Å². The smallest absolute Gasteiger partial charge is 0.239 e. The zero-order valence-corrected chi connectivity index (χ0v) is 21.1. The maximum absolute atomic E-state index is 14.3. The summed E-state index contributed by atoms with van der Waals surface area (Å²) in [6, 6.07) is 5.81. The van der Waals surface area contributed by atoms with Crippen LogP contribution in [0.5, 0.6) is 5.75 Å². The number of carbonyl (C=O) groups is 2. The van der Waals surface area contributed by atoms with Gasteiger partial charge in [0.1, 0.15) is 11.6 Å². The highest BCUT2D eigenvalue weighted by Gasteiger charge is 2.24. The van der Waals surface area contributed by atoms with Crippen LogP contribution in [-0.4, -0.2) is 65.7 Å². The lowest BCUT2D eigenvalue weighted by molar-refractivity contribution is -0.135. The molecule has 2 atom stereocenters. The molecule has 0 saturated heterocycles. The third-order valence-electron chi connectivity index (χ3n) is 6.25. The molecule has 1 aliphatic heterocycles. The van der Waals surface area contributed by atoms with Crippen molar-refractivity contribution in [1.82, 2.24) is 20.5 Å². The first kappa shape index (κ1) is 27.5. The van der Waals surface area contributed by atoms with Gasteiger partial charge in [-0.25, -0.2) is 4.39 Å². The van der Waals surface area contributed by atoms with E-state index in [1.165, 1.54) is 17.0 Å². The number of carbonyl (C=O) groups excluding carboxylic acids is 2. The van der Waals surface area contributed by atoms with Crippen molar-refractivity contribution in [2.24, 2.45) is 0 Å². The van der Waals surface area contributed by atoms with E-state index in [0.29, 0.717) is 37.3 Å². The number of fused-ring (bicyclic) bond motifs is 2. The largest absolute Gasteiger partial charge is 0.493 e. The van der Waals surface area contributed by atoms with E-state index in [-0.39, 0.29) is 31.3 Å². The van der Waals surface area contributed by atoms with Crippen LogP contribution in [-0.2, 0) is 29.0 Å². The molecular weight excluding hydrogens is 463 g/mol. The number of halogens is 1. The van der Waals surface area contributed by atoms with Gasteiger partial charge >= 0.3 is 0 Å². The number of rotatable bonds is 6. The summed E-state index contributed by atoms with van der Waals surface area (Å²) >= 11 is 0. The zero-order chi connectivity index (χ0) is 25.9. The van der Waals surface area contributed by atoms with E-state index in [9.17, 15) is 19.1 Å². The van der Waals surface area contributed by atoms with Gasteiger partial charge < -0.3 is 25.4 Å². The average molecular weight is 501 g/mol. The third kappa shape index (κ3) is 8.87. The molecule has 8 nitrogen and oxygen atoms in total. The second-order valence-corrected chi connectivity index (χ2v) is 9.34. The molecule has 0 spiro atoms. The maximum atomic E-state index is 14.3. The molecule has 2 aromatic rings. The lowest BCUT2D eigenvalue weighted by Crippen LogP contribution is -2.51. The Kier molecular flexibility index (Phi) is 10.6. The molecule has 2 heterocycles. The van der Waals surface area contributed by atoms with Gasteiger partial charge in [0.25, 0.3) is 0 Å². The fraction of sp³-hybridized carbons (Fsp3) is 0.519. The quantitative estimate of drug-likeness (QED) is 0.563. The summed E-state index contributed by atoms with van der Waals surface area (Å²) in [5.41, 5.74) is 2.73. The minimum atomic E-state index is -0.955. The summed E-state index contributed by atoms with van der Waals surface area (Å²) in [4.78, 5) is 30.8. The molecule has 1 aromatic heterocycles. The molecule has 9 heteroatoms. The number of ether oxygens (including phenoxy) is 1. The van der Waals surface area contributed by atoms with Crippen LogP contribution < -0.4 is 15.4 Å². The summed E-state index contributed by atoms with van der Waals surface area (Å²) in [5.74, 6) is -0.509. The number of nitrogens with zero attached hydrogens (tertiary/aromatic N) is 2. The molecule has 0 aliphatic carbocycles. The number of aliphatic hydroxyl groups excluding tert-OH is 1. The molecule has 2 amide bonds. The predicted molar refractivity (Wildman–Crippen MR) is 135 cm³/mol. The van der Waals surface area contributed by atoms with Crippen molar-refractivity contribution >= 4 is 11.8 Å². The van der Waals surface area contributed by atoms with Crippen LogP contribution in [0.25, 0.3) is 0 Å². The lowest BCUT2D eigenvalue weighted by atomic mass is 10.00. The number of aromatic nitrogens is 1. The van der Waals surface area contributed by atoms with Crippen LogP contribution in [0.1, 0.15) is 49.3 Å². The molecule has 1 aliphatic rings. The van der Waals surface area contributed by atoms with Crippen molar-refractivity contribution in [2.75, 3.05) is 26.7 Å². The molecule has 36 heavy (non-hydrogen) atoms. The van der Waals surface area contributed by atoms with E-state index >= 15 is 0 Å². The number of hydrogen-bond donors (Lipinski definition) is 3. The van der Waals surface area contributed by atoms with E-state index < -0.39 is 18.0 Å². The molecule has 2 bridgehead atoms. The Labute approximate surface area is 212 Å². The number of benzene rings is 1. The number of amides is 2. The second kappa shape index (κ2) is 13.9. The molecular formula is C27H37FN4O4. The topological polar surface area (TPSA) is 104 Å². The number of aliphatic hydroxyl groups is 1. The Morgan fingerprint density at radius 1 is 1.19 bits per heavy atom. The monoisotopic (exact) mass is 500 g/mol. The lowest BCUT2D eigenvalue weighted by Gasteiger charge is -2.26. The molecule has 3 N–H and O–H groups in total. The van der Waals surface area contributed by atoms with Gasteiger partial charge in [-0.05, 0) is 60.9 Å². The first-order chi connectivity index (χ1) is 17.3. The van der Waals surface area contributed by atoms with Gasteiger partial charge in [-0.1, -0.05) is 13.0 Å². The van der Waals surface area contributed by atoms with Crippen LogP contribution >= 0.6 is 0 Å². The van der Waals surface area contributed by atoms with Crippen molar-refractivity contribution in [3.63, 3.8) is 0 Å². The van der Waals surface area contributed by atoms with E-state index in [4.69, 9.17) is 4.74 Å². The number of pyridine rings is 1. The highest BCUT2D eigenvalue weighted by molar-refractivity contribution is 5.84. The van der Waals surface area contributed by atoms with Crippen LogP contribution in [0.2, 0.25) is 0 Å². The molecule has 0 radical (unpaired) electrons. The molecule has 0 fully saturated rings. The Hall–Kier alpha value is -3.04. The summed E-state index contributed by atoms with van der Waals surface area (Å²) in [6.07, 6.45) is 6.30. The molecule has 0 saturated carbocycles. The fourth-order valence-corrected chi connectivity index (χ4v) is 4.19. The van der Waals surface area contributed by atoms with Crippen LogP contribution in [0.3, 0.4) is 0 Å². The van der Waals surface area contributed by atoms with Crippen LogP contribution in [0.15, 0.2) is 36.7 Å². The van der Waals surface area contributed by atoms with Crippen molar-refractivity contribution in [3.05, 3.63) is 59.2 Å². The van der Waals surface area contributed by atoms with Crippen molar-refractivity contribution < 1.29 is 23.8 Å². The summed E-state index contributed by atoms with van der Waals surface area (Å²) < 4.78 is 20.0. The Morgan fingerprint density at radius 2 is 2.00 bits per heavy atom.